The van der Waals surface area contributed by atoms with E-state index >= 15 is 0 Å². The molecule has 0 heterocycles. The Kier molecular flexibility index (Phi) is 13.2. The van der Waals surface area contributed by atoms with Gasteiger partial charge in [-0.2, -0.15) is 0 Å². The van der Waals surface area contributed by atoms with Crippen molar-refractivity contribution in [2.75, 3.05) is 68.0 Å². The first-order valence-electron chi connectivity index (χ1n) is 16.1. The minimum Gasteiger partial charge on any atom is -0.497 e. The fourth-order valence-electron chi connectivity index (χ4n) is 4.99. The van der Waals surface area contributed by atoms with Crippen molar-refractivity contribution in [1.82, 2.24) is 5.32 Å². The molecule has 4 rings (SSSR count). The molecule has 0 aromatic heterocycles. The van der Waals surface area contributed by atoms with Gasteiger partial charge >= 0.3 is 12.0 Å². The number of ether oxygens (including phenoxy) is 3. The first-order chi connectivity index (χ1) is 24.9. The van der Waals surface area contributed by atoms with Gasteiger partial charge in [0, 0.05) is 43.3 Å². The molecular formula is C38H41N5O9. The number of nitrogens with one attached hydrogen (secondary N) is 2. The fraction of sp³-hybridized carbons (Fsp3) is 0.237. The maximum absolute atomic E-state index is 13.7. The number of amides is 5. The van der Waals surface area contributed by atoms with Crippen molar-refractivity contribution < 1.29 is 43.3 Å². The summed E-state index contributed by atoms with van der Waals surface area (Å²) in [5, 5.41) is 14.4. The van der Waals surface area contributed by atoms with Crippen LogP contribution in [0, 0.1) is 0 Å². The Labute approximate surface area is 301 Å². The molecule has 1 unspecified atom stereocenters. The van der Waals surface area contributed by atoms with Crippen molar-refractivity contribution in [2.24, 2.45) is 0 Å². The number of carbonyl (C=O) groups is 5. The van der Waals surface area contributed by atoms with E-state index in [4.69, 9.17) is 14.2 Å². The van der Waals surface area contributed by atoms with Gasteiger partial charge in [0.1, 0.15) is 23.8 Å². The van der Waals surface area contributed by atoms with Crippen LogP contribution in [0.1, 0.15) is 18.4 Å². The number of carboxylic acids is 1. The van der Waals surface area contributed by atoms with Crippen molar-refractivity contribution in [3.05, 3.63) is 103 Å². The molecule has 0 saturated heterocycles. The maximum Gasteiger partial charge on any atom is 0.319 e. The number of rotatable bonds is 15. The third-order valence-electron chi connectivity index (χ3n) is 8.14. The van der Waals surface area contributed by atoms with Crippen LogP contribution >= 0.6 is 0 Å². The molecule has 14 heteroatoms. The van der Waals surface area contributed by atoms with Gasteiger partial charge in [0.25, 0.3) is 5.91 Å². The number of benzene rings is 4. The normalized spacial score (nSPS) is 11.0. The monoisotopic (exact) mass is 711 g/mol. The molecule has 5 amide bonds. The molecule has 272 valence electrons. The van der Waals surface area contributed by atoms with Gasteiger partial charge in [-0.05, 0) is 61.0 Å². The zero-order valence-electron chi connectivity index (χ0n) is 29.5. The van der Waals surface area contributed by atoms with Crippen LogP contribution < -0.4 is 39.5 Å². The van der Waals surface area contributed by atoms with E-state index in [2.05, 4.69) is 10.6 Å². The number of hydrogen-bond donors (Lipinski definition) is 3. The first kappa shape index (κ1) is 38.2. The summed E-state index contributed by atoms with van der Waals surface area (Å²) in [5.74, 6) is -1.99. The van der Waals surface area contributed by atoms with Crippen LogP contribution in [0.5, 0.6) is 17.2 Å². The number of para-hydroxylation sites is 1. The zero-order chi connectivity index (χ0) is 37.8. The molecule has 14 nitrogen and oxygen atoms in total. The Morgan fingerprint density at radius 2 is 1.44 bits per heavy atom. The fourth-order valence-corrected chi connectivity index (χ4v) is 4.99. The number of likely N-dealkylation sites (N-methyl/N-ethyl adjacent to an activating group) is 2. The topological polar surface area (TPSA) is 167 Å². The molecule has 0 aliphatic rings. The Hall–Kier alpha value is -6.57. The number of urea groups is 1. The highest BCUT2D eigenvalue weighted by Gasteiger charge is 2.24. The number of anilines is 4. The van der Waals surface area contributed by atoms with E-state index in [9.17, 15) is 29.1 Å². The van der Waals surface area contributed by atoms with Crippen LogP contribution in [-0.4, -0.2) is 82.8 Å². The Morgan fingerprint density at radius 1 is 0.731 bits per heavy atom. The van der Waals surface area contributed by atoms with Crippen LogP contribution in [0.3, 0.4) is 0 Å². The average Bonchev–Trinajstić information content (AvgIpc) is 3.17. The molecule has 4 aromatic rings. The van der Waals surface area contributed by atoms with E-state index in [1.807, 2.05) is 6.07 Å². The first-order valence-corrected chi connectivity index (χ1v) is 16.1. The highest BCUT2D eigenvalue weighted by molar-refractivity contribution is 6.05. The molecule has 0 radical (unpaired) electrons. The summed E-state index contributed by atoms with van der Waals surface area (Å²) in [5.41, 5.74) is 2.20. The van der Waals surface area contributed by atoms with Crippen molar-refractivity contribution in [1.29, 1.82) is 0 Å². The lowest BCUT2D eigenvalue weighted by molar-refractivity contribution is -0.138. The third-order valence-corrected chi connectivity index (χ3v) is 8.14. The predicted molar refractivity (Wildman–Crippen MR) is 197 cm³/mol. The predicted octanol–water partition coefficient (Wildman–Crippen LogP) is 4.75. The smallest absolute Gasteiger partial charge is 0.319 e. The maximum atomic E-state index is 13.7. The SMILES string of the molecule is COc1ccc(OC)c(N(C)C(=O)COc2cccc(N(CC(=O)N(C)c3ccccc3)C(=O)CNC(=O)Nc3cccc(C(C)C(=O)O)c3)c2)c1. The molecule has 0 aliphatic heterocycles. The summed E-state index contributed by atoms with van der Waals surface area (Å²) in [7, 11) is 6.17. The lowest BCUT2D eigenvalue weighted by Crippen LogP contribution is -2.46. The van der Waals surface area contributed by atoms with Crippen LogP contribution in [0.15, 0.2) is 97.1 Å². The number of aliphatic carboxylic acids is 1. The van der Waals surface area contributed by atoms with E-state index in [1.165, 1.54) is 48.0 Å². The summed E-state index contributed by atoms with van der Waals surface area (Å²) in [6.07, 6.45) is 0. The standard InChI is InChI=1S/C38H41N5O9/c1-25(37(47)48)26-11-9-12-27(19-26)40-38(49)39-22-34(44)43(23-35(45)41(2)28-13-7-6-8-14-28)29-15-10-16-31(20-29)52-24-36(46)42(3)32-21-30(50-4)17-18-33(32)51-5/h6-21,25H,22-24H2,1-5H3,(H,47,48)(H2,39,40,49). The minimum absolute atomic E-state index is 0.250. The van der Waals surface area contributed by atoms with E-state index in [-0.39, 0.29) is 24.6 Å². The quantitative estimate of drug-likeness (QED) is 0.158. The minimum atomic E-state index is -1.01. The molecule has 3 N–H and O–H groups in total. The number of carboxylic acid groups (broad SMARTS) is 1. The van der Waals surface area contributed by atoms with Crippen LogP contribution in [0.2, 0.25) is 0 Å². The third kappa shape index (κ3) is 10.00. The summed E-state index contributed by atoms with van der Waals surface area (Å²) in [4.78, 5) is 68.4. The average molecular weight is 712 g/mol. The van der Waals surface area contributed by atoms with E-state index < -0.39 is 42.2 Å². The number of nitrogens with zero attached hydrogens (tertiary/aromatic N) is 3. The number of hydrogen-bond acceptors (Lipinski definition) is 8. The van der Waals surface area contributed by atoms with Crippen molar-refractivity contribution >= 4 is 52.5 Å². The summed E-state index contributed by atoms with van der Waals surface area (Å²) in [6, 6.07) is 25.9. The summed E-state index contributed by atoms with van der Waals surface area (Å²) < 4.78 is 16.5. The second kappa shape index (κ2) is 17.9. The molecule has 52 heavy (non-hydrogen) atoms. The molecule has 0 bridgehead atoms. The zero-order valence-corrected chi connectivity index (χ0v) is 29.5. The van der Waals surface area contributed by atoms with E-state index in [0.717, 1.165) is 0 Å². The summed E-state index contributed by atoms with van der Waals surface area (Å²) in [6.45, 7) is 0.291. The number of carbonyl (C=O) groups excluding carboxylic acids is 4. The highest BCUT2D eigenvalue weighted by Crippen LogP contribution is 2.32. The van der Waals surface area contributed by atoms with E-state index in [0.29, 0.717) is 34.1 Å². The second-order valence-corrected chi connectivity index (χ2v) is 11.5. The Morgan fingerprint density at radius 3 is 2.13 bits per heavy atom. The molecule has 0 fully saturated rings. The van der Waals surface area contributed by atoms with Gasteiger partial charge in [-0.1, -0.05) is 36.4 Å². The lowest BCUT2D eigenvalue weighted by atomic mass is 10.0. The largest absolute Gasteiger partial charge is 0.497 e. The van der Waals surface area contributed by atoms with Gasteiger partial charge in [0.15, 0.2) is 6.61 Å². The van der Waals surface area contributed by atoms with Gasteiger partial charge in [-0.25, -0.2) is 4.79 Å². The van der Waals surface area contributed by atoms with Gasteiger partial charge in [-0.3, -0.25) is 19.2 Å². The molecule has 0 spiro atoms. The molecule has 0 aliphatic carbocycles. The molecule has 4 aromatic carbocycles. The van der Waals surface area contributed by atoms with Gasteiger partial charge in [0.05, 0.1) is 32.4 Å². The van der Waals surface area contributed by atoms with Gasteiger partial charge in [-0.15, -0.1) is 0 Å². The Balaban J connectivity index is 1.49. The van der Waals surface area contributed by atoms with Crippen molar-refractivity contribution in [3.8, 4) is 17.2 Å². The van der Waals surface area contributed by atoms with E-state index in [1.54, 1.807) is 93.0 Å². The second-order valence-electron chi connectivity index (χ2n) is 11.5. The van der Waals surface area contributed by atoms with Gasteiger partial charge < -0.3 is 44.7 Å². The number of methoxy groups -OCH3 is 2. The molecule has 0 saturated carbocycles. The van der Waals surface area contributed by atoms with Crippen LogP contribution in [0.25, 0.3) is 0 Å². The Bertz CT molecular complexity index is 1900. The molecule has 1 atom stereocenters. The van der Waals surface area contributed by atoms with Crippen LogP contribution in [0.4, 0.5) is 27.5 Å². The molecular weight excluding hydrogens is 670 g/mol. The lowest BCUT2D eigenvalue weighted by Gasteiger charge is -2.26. The summed E-state index contributed by atoms with van der Waals surface area (Å²) >= 11 is 0. The van der Waals surface area contributed by atoms with Crippen molar-refractivity contribution in [2.45, 2.75) is 12.8 Å². The highest BCUT2D eigenvalue weighted by atomic mass is 16.5. The van der Waals surface area contributed by atoms with Gasteiger partial charge in [0.2, 0.25) is 11.8 Å². The van der Waals surface area contributed by atoms with Crippen molar-refractivity contribution in [3.63, 3.8) is 0 Å². The van der Waals surface area contributed by atoms with Crippen LogP contribution in [-0.2, 0) is 19.2 Å².